The molecule has 5 N–H and O–H groups in total. The highest BCUT2D eigenvalue weighted by molar-refractivity contribution is 6.31. The molecule has 2 unspecified atom stereocenters. The Morgan fingerprint density at radius 2 is 1.38 bits per heavy atom. The molecule has 0 fully saturated rings. The Morgan fingerprint density at radius 1 is 0.862 bits per heavy atom. The topological polar surface area (TPSA) is 144 Å². The Labute approximate surface area is 167 Å². The molecule has 2 atom stereocenters. The number of hydrogen-bond donors (Lipinski definition) is 5. The number of aliphatic hydroxyl groups excluding tert-OH is 3. The first kappa shape index (κ1) is 21.9. The standard InChI is InChI=1S/C20H22N4O5/c25-13-18(27)17(26)11-16(22-24-20(29)15-9-5-2-6-10-15)12-21-23-19(28)14-7-3-1-4-8-14/h1-10,12,17-18,25-27H,11,13H2,(H,23,28)(H,24,29)/b21-12+,22-16-. The van der Waals surface area contributed by atoms with Crippen LogP contribution in [0.25, 0.3) is 0 Å². The lowest BCUT2D eigenvalue weighted by Gasteiger charge is -2.15. The number of nitrogens with zero attached hydrogens (tertiary/aromatic N) is 2. The molecule has 0 spiro atoms. The summed E-state index contributed by atoms with van der Waals surface area (Å²) < 4.78 is 0. The molecule has 0 heterocycles. The minimum Gasteiger partial charge on any atom is -0.394 e. The zero-order valence-corrected chi connectivity index (χ0v) is 15.5. The summed E-state index contributed by atoms with van der Waals surface area (Å²) in [6, 6.07) is 16.8. The third-order valence-electron chi connectivity index (χ3n) is 3.80. The van der Waals surface area contributed by atoms with Crippen LogP contribution in [0.5, 0.6) is 0 Å². The van der Waals surface area contributed by atoms with Crippen LogP contribution in [-0.4, -0.2) is 57.9 Å². The number of benzene rings is 2. The fraction of sp³-hybridized carbons (Fsp3) is 0.200. The summed E-state index contributed by atoms with van der Waals surface area (Å²) in [7, 11) is 0. The molecule has 9 nitrogen and oxygen atoms in total. The van der Waals surface area contributed by atoms with Gasteiger partial charge in [-0.3, -0.25) is 9.59 Å². The first-order chi connectivity index (χ1) is 14.0. The van der Waals surface area contributed by atoms with E-state index in [4.69, 9.17) is 5.11 Å². The van der Waals surface area contributed by atoms with Gasteiger partial charge in [-0.25, -0.2) is 10.9 Å². The summed E-state index contributed by atoms with van der Waals surface area (Å²) in [6.45, 7) is -0.646. The maximum absolute atomic E-state index is 12.1. The lowest BCUT2D eigenvalue weighted by Crippen LogP contribution is -2.33. The molecule has 0 bridgehead atoms. The van der Waals surface area contributed by atoms with Crippen molar-refractivity contribution in [3.63, 3.8) is 0 Å². The molecule has 0 saturated carbocycles. The van der Waals surface area contributed by atoms with Gasteiger partial charge in [0, 0.05) is 17.5 Å². The van der Waals surface area contributed by atoms with Crippen LogP contribution in [0, 0.1) is 0 Å². The monoisotopic (exact) mass is 398 g/mol. The van der Waals surface area contributed by atoms with E-state index in [9.17, 15) is 19.8 Å². The van der Waals surface area contributed by atoms with Gasteiger partial charge in [-0.15, -0.1) is 0 Å². The molecule has 0 aliphatic carbocycles. The van der Waals surface area contributed by atoms with Gasteiger partial charge in [-0.05, 0) is 24.3 Å². The molecule has 0 radical (unpaired) electrons. The average Bonchev–Trinajstić information content (AvgIpc) is 2.77. The van der Waals surface area contributed by atoms with E-state index in [1.54, 1.807) is 60.7 Å². The number of amides is 2. The van der Waals surface area contributed by atoms with Crippen LogP contribution < -0.4 is 10.9 Å². The molecule has 0 aliphatic rings. The van der Waals surface area contributed by atoms with Crippen LogP contribution in [0.15, 0.2) is 70.9 Å². The van der Waals surface area contributed by atoms with Crippen molar-refractivity contribution in [3.8, 4) is 0 Å². The van der Waals surface area contributed by atoms with Gasteiger partial charge in [0.1, 0.15) is 6.10 Å². The Balaban J connectivity index is 2.07. The highest BCUT2D eigenvalue weighted by Gasteiger charge is 2.17. The zero-order chi connectivity index (χ0) is 21.1. The van der Waals surface area contributed by atoms with Crippen LogP contribution in [-0.2, 0) is 0 Å². The first-order valence-corrected chi connectivity index (χ1v) is 8.78. The van der Waals surface area contributed by atoms with Crippen LogP contribution in [0.2, 0.25) is 0 Å². The maximum atomic E-state index is 12.1. The third-order valence-corrected chi connectivity index (χ3v) is 3.80. The summed E-state index contributed by atoms with van der Waals surface area (Å²) in [5.74, 6) is -0.938. The number of carbonyl (C=O) groups excluding carboxylic acids is 2. The lowest BCUT2D eigenvalue weighted by atomic mass is 10.1. The van der Waals surface area contributed by atoms with Gasteiger partial charge in [0.25, 0.3) is 11.8 Å². The molecule has 2 aromatic rings. The van der Waals surface area contributed by atoms with Gasteiger partial charge in [0.05, 0.1) is 24.6 Å². The fourth-order valence-corrected chi connectivity index (χ4v) is 2.20. The second kappa shape index (κ2) is 11.4. The van der Waals surface area contributed by atoms with E-state index in [1.165, 1.54) is 0 Å². The number of nitrogens with one attached hydrogen (secondary N) is 2. The van der Waals surface area contributed by atoms with Gasteiger partial charge in [-0.1, -0.05) is 36.4 Å². The molecule has 9 heteroatoms. The number of aliphatic hydroxyl groups is 3. The third kappa shape index (κ3) is 7.26. The van der Waals surface area contributed by atoms with E-state index in [0.717, 1.165) is 6.21 Å². The van der Waals surface area contributed by atoms with Crippen molar-refractivity contribution >= 4 is 23.7 Å². The van der Waals surface area contributed by atoms with E-state index in [-0.39, 0.29) is 12.1 Å². The predicted molar refractivity (Wildman–Crippen MR) is 107 cm³/mol. The van der Waals surface area contributed by atoms with Gasteiger partial charge in [0.2, 0.25) is 0 Å². The van der Waals surface area contributed by atoms with E-state index in [1.807, 2.05) is 0 Å². The molecular weight excluding hydrogens is 376 g/mol. The summed E-state index contributed by atoms with van der Waals surface area (Å²) in [6.07, 6.45) is -1.82. The molecule has 0 aromatic heterocycles. The normalized spacial score (nSPS) is 13.7. The Kier molecular flexibility index (Phi) is 8.64. The molecule has 29 heavy (non-hydrogen) atoms. The van der Waals surface area contributed by atoms with E-state index >= 15 is 0 Å². The van der Waals surface area contributed by atoms with Crippen molar-refractivity contribution in [2.24, 2.45) is 10.2 Å². The number of hydrogen-bond acceptors (Lipinski definition) is 7. The van der Waals surface area contributed by atoms with Gasteiger partial charge < -0.3 is 15.3 Å². The first-order valence-electron chi connectivity index (χ1n) is 8.78. The number of hydrazone groups is 2. The minimum absolute atomic E-state index is 0.0719. The van der Waals surface area contributed by atoms with Crippen molar-refractivity contribution in [2.75, 3.05) is 6.61 Å². The van der Waals surface area contributed by atoms with Crippen molar-refractivity contribution < 1.29 is 24.9 Å². The van der Waals surface area contributed by atoms with Crippen LogP contribution >= 0.6 is 0 Å². The van der Waals surface area contributed by atoms with Crippen LogP contribution in [0.4, 0.5) is 0 Å². The molecular formula is C20H22N4O5. The molecule has 2 amide bonds. The summed E-state index contributed by atoms with van der Waals surface area (Å²) in [4.78, 5) is 24.1. The number of carbonyl (C=O) groups is 2. The molecule has 2 aromatic carbocycles. The van der Waals surface area contributed by atoms with E-state index < -0.39 is 30.6 Å². The maximum Gasteiger partial charge on any atom is 0.271 e. The molecule has 0 saturated heterocycles. The van der Waals surface area contributed by atoms with Crippen molar-refractivity contribution in [2.45, 2.75) is 18.6 Å². The van der Waals surface area contributed by atoms with Crippen LogP contribution in [0.1, 0.15) is 27.1 Å². The summed E-state index contributed by atoms with van der Waals surface area (Å²) >= 11 is 0. The average molecular weight is 398 g/mol. The molecule has 0 aliphatic heterocycles. The smallest absolute Gasteiger partial charge is 0.271 e. The highest BCUT2D eigenvalue weighted by atomic mass is 16.4. The SMILES string of the molecule is O=C(N/N=C(\C=N\NC(=O)c1ccccc1)CC(O)C(O)CO)c1ccccc1. The second-order valence-corrected chi connectivity index (χ2v) is 6.00. The van der Waals surface area contributed by atoms with Crippen molar-refractivity contribution in [1.29, 1.82) is 0 Å². The Hall–Kier alpha value is -3.40. The number of rotatable bonds is 9. The second-order valence-electron chi connectivity index (χ2n) is 6.00. The molecule has 2 rings (SSSR count). The minimum atomic E-state index is -1.39. The highest BCUT2D eigenvalue weighted by Crippen LogP contribution is 2.02. The van der Waals surface area contributed by atoms with Gasteiger partial charge >= 0.3 is 0 Å². The van der Waals surface area contributed by atoms with E-state index in [2.05, 4.69) is 21.1 Å². The van der Waals surface area contributed by atoms with Gasteiger partial charge in [-0.2, -0.15) is 10.2 Å². The lowest BCUT2D eigenvalue weighted by molar-refractivity contribution is -0.00975. The summed E-state index contributed by atoms with van der Waals surface area (Å²) in [5.41, 5.74) is 5.48. The Morgan fingerprint density at radius 3 is 1.90 bits per heavy atom. The van der Waals surface area contributed by atoms with Crippen molar-refractivity contribution in [3.05, 3.63) is 71.8 Å². The fourth-order valence-electron chi connectivity index (χ4n) is 2.20. The molecule has 152 valence electrons. The van der Waals surface area contributed by atoms with Gasteiger partial charge in [0.15, 0.2) is 0 Å². The zero-order valence-electron chi connectivity index (χ0n) is 15.5. The summed E-state index contributed by atoms with van der Waals surface area (Å²) in [5, 5.41) is 36.1. The predicted octanol–water partition coefficient (Wildman–Crippen LogP) is 0.292. The largest absolute Gasteiger partial charge is 0.394 e. The van der Waals surface area contributed by atoms with Crippen LogP contribution in [0.3, 0.4) is 0 Å². The quantitative estimate of drug-likeness (QED) is 0.305. The van der Waals surface area contributed by atoms with Crippen molar-refractivity contribution in [1.82, 2.24) is 10.9 Å². The van der Waals surface area contributed by atoms with E-state index in [0.29, 0.717) is 11.1 Å². The Bertz CT molecular complexity index is 856.